The van der Waals surface area contributed by atoms with Gasteiger partial charge in [-0.25, -0.2) is 0 Å². The van der Waals surface area contributed by atoms with Gasteiger partial charge in [-0.15, -0.1) is 0 Å². The van der Waals surface area contributed by atoms with E-state index in [1.165, 1.54) is 34.8 Å². The molecule has 14 heavy (non-hydrogen) atoms. The van der Waals surface area contributed by atoms with Crippen LogP contribution in [0, 0.1) is 5.92 Å². The van der Waals surface area contributed by atoms with Gasteiger partial charge in [0.05, 0.1) is 0 Å². The molecule has 1 aliphatic rings. The van der Waals surface area contributed by atoms with Crippen LogP contribution in [-0.2, 0) is 6.54 Å². The fourth-order valence-corrected chi connectivity index (χ4v) is 2.41. The maximum atomic E-state index is 3.58. The summed E-state index contributed by atoms with van der Waals surface area (Å²) in [6, 6.07) is 8.60. The van der Waals surface area contributed by atoms with Crippen molar-refractivity contribution in [1.29, 1.82) is 0 Å². The number of rotatable bonds is 2. The Bertz CT molecular complexity index is 468. The predicted octanol–water partition coefficient (Wildman–Crippen LogP) is 3.81. The number of nitrogens with zero attached hydrogens (tertiary/aromatic N) is 1. The van der Waals surface area contributed by atoms with E-state index in [9.17, 15) is 0 Å². The lowest BCUT2D eigenvalue weighted by Crippen LogP contribution is -1.96. The molecule has 1 saturated carbocycles. The van der Waals surface area contributed by atoms with E-state index in [1.807, 2.05) is 0 Å². The second kappa shape index (κ2) is 3.13. The summed E-state index contributed by atoms with van der Waals surface area (Å²) in [6.07, 6.45) is 5.02. The summed E-state index contributed by atoms with van der Waals surface area (Å²) >= 11 is 3.58. The van der Waals surface area contributed by atoms with E-state index in [-0.39, 0.29) is 0 Å². The van der Waals surface area contributed by atoms with Crippen LogP contribution in [0.5, 0.6) is 0 Å². The zero-order valence-corrected chi connectivity index (χ0v) is 9.50. The molecule has 0 radical (unpaired) electrons. The molecule has 0 bridgehead atoms. The minimum Gasteiger partial charge on any atom is -0.347 e. The largest absolute Gasteiger partial charge is 0.347 e. The number of hydrogen-bond donors (Lipinski definition) is 0. The molecule has 1 fully saturated rings. The normalized spacial score (nSPS) is 16.4. The van der Waals surface area contributed by atoms with Crippen molar-refractivity contribution in [3.63, 3.8) is 0 Å². The smallest absolute Gasteiger partial charge is 0.0491 e. The Labute approximate surface area is 91.9 Å². The lowest BCUT2D eigenvalue weighted by Gasteiger charge is -2.03. The van der Waals surface area contributed by atoms with Crippen LogP contribution in [0.4, 0.5) is 0 Å². The van der Waals surface area contributed by atoms with Crippen LogP contribution in [0.25, 0.3) is 10.9 Å². The van der Waals surface area contributed by atoms with E-state index < -0.39 is 0 Å². The average Bonchev–Trinajstić information content (AvgIpc) is 2.88. The van der Waals surface area contributed by atoms with Crippen LogP contribution in [0.15, 0.2) is 34.9 Å². The first-order valence-electron chi connectivity index (χ1n) is 5.08. The van der Waals surface area contributed by atoms with Crippen molar-refractivity contribution < 1.29 is 0 Å². The third kappa shape index (κ3) is 1.38. The van der Waals surface area contributed by atoms with Crippen LogP contribution in [0.2, 0.25) is 0 Å². The molecule has 3 rings (SSSR count). The molecule has 1 aromatic carbocycles. The topological polar surface area (TPSA) is 4.93 Å². The molecule has 0 saturated heterocycles. The van der Waals surface area contributed by atoms with E-state index in [0.717, 1.165) is 5.92 Å². The zero-order valence-electron chi connectivity index (χ0n) is 7.91. The van der Waals surface area contributed by atoms with Crippen molar-refractivity contribution in [3.8, 4) is 0 Å². The van der Waals surface area contributed by atoms with Crippen molar-refractivity contribution in [2.45, 2.75) is 19.4 Å². The summed E-state index contributed by atoms with van der Waals surface area (Å²) in [6.45, 7) is 1.19. The number of hydrogen-bond acceptors (Lipinski definition) is 0. The van der Waals surface area contributed by atoms with Crippen molar-refractivity contribution in [1.82, 2.24) is 4.57 Å². The summed E-state index contributed by atoms with van der Waals surface area (Å²) in [5, 5.41) is 1.33. The van der Waals surface area contributed by atoms with Crippen molar-refractivity contribution in [3.05, 3.63) is 34.9 Å². The van der Waals surface area contributed by atoms with Crippen molar-refractivity contribution >= 4 is 26.8 Å². The Balaban J connectivity index is 2.10. The lowest BCUT2D eigenvalue weighted by atomic mass is 10.2. The zero-order chi connectivity index (χ0) is 9.54. The lowest BCUT2D eigenvalue weighted by molar-refractivity contribution is 0.647. The van der Waals surface area contributed by atoms with Crippen molar-refractivity contribution in [2.75, 3.05) is 0 Å². The molecule has 72 valence electrons. The standard InChI is InChI=1S/C12H12BrN/c13-11-2-1-3-12-10(11)6-7-14(12)8-9-4-5-9/h1-3,6-7,9H,4-5,8H2. The Kier molecular flexibility index (Phi) is 1.91. The Hall–Kier alpha value is -0.760. The van der Waals surface area contributed by atoms with E-state index >= 15 is 0 Å². The van der Waals surface area contributed by atoms with Gasteiger partial charge in [-0.1, -0.05) is 22.0 Å². The van der Waals surface area contributed by atoms with Gasteiger partial charge in [0.1, 0.15) is 0 Å². The highest BCUT2D eigenvalue weighted by atomic mass is 79.9. The first kappa shape index (κ1) is 8.54. The fraction of sp³-hybridized carbons (Fsp3) is 0.333. The monoisotopic (exact) mass is 249 g/mol. The van der Waals surface area contributed by atoms with E-state index in [0.29, 0.717) is 0 Å². The molecule has 0 aliphatic heterocycles. The number of fused-ring (bicyclic) bond motifs is 1. The first-order valence-corrected chi connectivity index (χ1v) is 5.87. The fourth-order valence-electron chi connectivity index (χ4n) is 1.92. The van der Waals surface area contributed by atoms with E-state index in [2.05, 4.69) is 51.0 Å². The quantitative estimate of drug-likeness (QED) is 0.763. The van der Waals surface area contributed by atoms with Gasteiger partial charge in [0.25, 0.3) is 0 Å². The van der Waals surface area contributed by atoms with Crippen LogP contribution < -0.4 is 0 Å². The van der Waals surface area contributed by atoms with Gasteiger partial charge in [0, 0.05) is 28.1 Å². The average molecular weight is 250 g/mol. The van der Waals surface area contributed by atoms with Crippen LogP contribution >= 0.6 is 15.9 Å². The van der Waals surface area contributed by atoms with E-state index in [4.69, 9.17) is 0 Å². The molecule has 1 heterocycles. The highest BCUT2D eigenvalue weighted by Gasteiger charge is 2.22. The third-order valence-corrected chi connectivity index (χ3v) is 3.60. The van der Waals surface area contributed by atoms with Gasteiger partial charge in [-0.3, -0.25) is 0 Å². The molecular weight excluding hydrogens is 238 g/mol. The van der Waals surface area contributed by atoms with Gasteiger partial charge in [-0.2, -0.15) is 0 Å². The summed E-state index contributed by atoms with van der Waals surface area (Å²) in [4.78, 5) is 0. The Morgan fingerprint density at radius 3 is 2.93 bits per heavy atom. The van der Waals surface area contributed by atoms with Gasteiger partial charge >= 0.3 is 0 Å². The highest BCUT2D eigenvalue weighted by molar-refractivity contribution is 9.10. The van der Waals surface area contributed by atoms with Crippen molar-refractivity contribution in [2.24, 2.45) is 5.92 Å². The summed E-state index contributed by atoms with van der Waals surface area (Å²) in [7, 11) is 0. The van der Waals surface area contributed by atoms with E-state index in [1.54, 1.807) is 0 Å². The molecule has 0 spiro atoms. The second-order valence-electron chi connectivity index (χ2n) is 4.08. The maximum Gasteiger partial charge on any atom is 0.0491 e. The third-order valence-electron chi connectivity index (χ3n) is 2.91. The van der Waals surface area contributed by atoms with Gasteiger partial charge < -0.3 is 4.57 Å². The number of halogens is 1. The summed E-state index contributed by atoms with van der Waals surface area (Å²) in [5.41, 5.74) is 1.35. The SMILES string of the molecule is Brc1cccc2c1ccn2CC1CC1. The minimum absolute atomic E-state index is 0.935. The molecule has 0 N–H and O–H groups in total. The molecule has 1 aromatic heterocycles. The molecule has 1 aliphatic carbocycles. The predicted molar refractivity (Wildman–Crippen MR) is 62.4 cm³/mol. The number of aromatic nitrogens is 1. The molecule has 2 aromatic rings. The molecule has 0 unspecified atom stereocenters. The van der Waals surface area contributed by atoms with Crippen LogP contribution in [-0.4, -0.2) is 4.57 Å². The maximum absolute atomic E-state index is 3.58. The first-order chi connectivity index (χ1) is 6.84. The molecule has 0 atom stereocenters. The molecular formula is C12H12BrN. The highest BCUT2D eigenvalue weighted by Crippen LogP contribution is 2.33. The van der Waals surface area contributed by atoms with Gasteiger partial charge in [0.2, 0.25) is 0 Å². The Morgan fingerprint density at radius 1 is 1.29 bits per heavy atom. The van der Waals surface area contributed by atoms with Crippen LogP contribution in [0.1, 0.15) is 12.8 Å². The molecule has 1 nitrogen and oxygen atoms in total. The van der Waals surface area contributed by atoms with Gasteiger partial charge in [0.15, 0.2) is 0 Å². The molecule has 2 heteroatoms. The molecule has 0 amide bonds. The summed E-state index contributed by atoms with van der Waals surface area (Å²) < 4.78 is 3.57. The van der Waals surface area contributed by atoms with Gasteiger partial charge in [-0.05, 0) is 37.0 Å². The second-order valence-corrected chi connectivity index (χ2v) is 4.94. The summed E-state index contributed by atoms with van der Waals surface area (Å²) in [5.74, 6) is 0.935. The Morgan fingerprint density at radius 2 is 2.14 bits per heavy atom. The van der Waals surface area contributed by atoms with Crippen LogP contribution in [0.3, 0.4) is 0 Å². The minimum atomic E-state index is 0.935. The number of benzene rings is 1.